The number of aryl methyl sites for hydroxylation is 1. The van der Waals surface area contributed by atoms with E-state index in [0.717, 1.165) is 29.9 Å². The summed E-state index contributed by atoms with van der Waals surface area (Å²) >= 11 is 1.14. The van der Waals surface area contributed by atoms with Gasteiger partial charge in [-0.15, -0.1) is 10.2 Å². The summed E-state index contributed by atoms with van der Waals surface area (Å²) in [5.74, 6) is -0.807. The zero-order valence-electron chi connectivity index (χ0n) is 16.5. The van der Waals surface area contributed by atoms with Crippen LogP contribution in [0.25, 0.3) is 5.13 Å². The van der Waals surface area contributed by atoms with Gasteiger partial charge >= 0.3 is 5.63 Å². The van der Waals surface area contributed by atoms with E-state index in [1.54, 1.807) is 18.0 Å². The maximum Gasteiger partial charge on any atom is 0.381 e. The zero-order valence-corrected chi connectivity index (χ0v) is 17.4. The highest BCUT2D eigenvalue weighted by atomic mass is 32.1. The Labute approximate surface area is 175 Å². The van der Waals surface area contributed by atoms with Crippen molar-refractivity contribution in [3.8, 4) is 10.9 Å². The molecule has 0 radical (unpaired) electrons. The lowest BCUT2D eigenvalue weighted by atomic mass is 9.89. The van der Waals surface area contributed by atoms with Gasteiger partial charge in [0.25, 0.3) is 5.91 Å². The Balaban J connectivity index is 1.55. The fourth-order valence-electron chi connectivity index (χ4n) is 3.09. The first-order chi connectivity index (χ1) is 14.5. The van der Waals surface area contributed by atoms with Gasteiger partial charge in [-0.3, -0.25) is 10.1 Å². The molecule has 2 atom stereocenters. The number of rotatable bonds is 7. The van der Waals surface area contributed by atoms with Crippen LogP contribution in [0, 0.1) is 6.92 Å². The second-order valence-corrected chi connectivity index (χ2v) is 7.63. The Hall–Kier alpha value is -3.25. The van der Waals surface area contributed by atoms with Crippen molar-refractivity contribution in [1.29, 1.82) is 0 Å². The fourth-order valence-corrected chi connectivity index (χ4v) is 3.85. The number of amides is 1. The largest absolute Gasteiger partial charge is 0.488 e. The molecule has 1 aliphatic carbocycles. The lowest BCUT2D eigenvalue weighted by molar-refractivity contribution is 0.0285. The minimum atomic E-state index is -0.758. The quantitative estimate of drug-likeness (QED) is 0.573. The Morgan fingerprint density at radius 1 is 1.33 bits per heavy atom. The minimum absolute atomic E-state index is 0.000613. The summed E-state index contributed by atoms with van der Waals surface area (Å²) in [5.41, 5.74) is 0.494. The number of ether oxygens (including phenoxy) is 2. The fraction of sp³-hybridized carbons (Fsp3) is 0.389. The summed E-state index contributed by atoms with van der Waals surface area (Å²) in [6.45, 7) is 1.88. The van der Waals surface area contributed by atoms with Crippen molar-refractivity contribution in [2.24, 2.45) is 0 Å². The molecule has 12 heteroatoms. The summed E-state index contributed by atoms with van der Waals surface area (Å²) in [7, 11) is 3.00. The predicted molar refractivity (Wildman–Crippen MR) is 109 cm³/mol. The van der Waals surface area contributed by atoms with E-state index < -0.39 is 11.5 Å². The molecule has 158 valence electrons. The number of anilines is 2. The van der Waals surface area contributed by atoms with E-state index in [0.29, 0.717) is 10.8 Å². The van der Waals surface area contributed by atoms with Crippen LogP contribution in [0.3, 0.4) is 0 Å². The Morgan fingerprint density at radius 2 is 2.17 bits per heavy atom. The molecule has 1 amide bonds. The molecule has 30 heavy (non-hydrogen) atoms. The molecule has 0 aliphatic heterocycles. The highest BCUT2D eigenvalue weighted by Gasteiger charge is 2.32. The van der Waals surface area contributed by atoms with Gasteiger partial charge in [0.2, 0.25) is 16.0 Å². The number of nitrogens with zero attached hydrogens (tertiary/aromatic N) is 4. The monoisotopic (exact) mass is 432 g/mol. The van der Waals surface area contributed by atoms with Crippen molar-refractivity contribution in [3.63, 3.8) is 0 Å². The van der Waals surface area contributed by atoms with Crippen molar-refractivity contribution in [3.05, 3.63) is 40.2 Å². The maximum atomic E-state index is 12.7. The number of hydrogen-bond acceptors (Lipinski definition) is 10. The van der Waals surface area contributed by atoms with E-state index in [-0.39, 0.29) is 28.8 Å². The van der Waals surface area contributed by atoms with Gasteiger partial charge in [-0.05, 0) is 25.8 Å². The van der Waals surface area contributed by atoms with Crippen molar-refractivity contribution in [2.45, 2.75) is 31.9 Å². The van der Waals surface area contributed by atoms with E-state index >= 15 is 0 Å². The Bertz CT molecular complexity index is 1120. The molecule has 3 aromatic heterocycles. The molecule has 1 aliphatic rings. The number of hydrogen-bond donors (Lipinski definition) is 2. The van der Waals surface area contributed by atoms with Crippen LogP contribution >= 0.6 is 11.3 Å². The van der Waals surface area contributed by atoms with Crippen molar-refractivity contribution in [1.82, 2.24) is 20.0 Å². The first-order valence-corrected chi connectivity index (χ1v) is 9.99. The van der Waals surface area contributed by atoms with Gasteiger partial charge in [-0.2, -0.15) is 5.10 Å². The van der Waals surface area contributed by atoms with Gasteiger partial charge in [0.05, 0.1) is 24.9 Å². The Kier molecular flexibility index (Phi) is 5.50. The van der Waals surface area contributed by atoms with Crippen LogP contribution in [-0.2, 0) is 4.74 Å². The van der Waals surface area contributed by atoms with Crippen LogP contribution in [0.4, 0.5) is 10.8 Å². The average Bonchev–Trinajstić information content (AvgIpc) is 3.33. The van der Waals surface area contributed by atoms with Crippen LogP contribution in [0.2, 0.25) is 0 Å². The summed E-state index contributed by atoms with van der Waals surface area (Å²) in [4.78, 5) is 25.0. The van der Waals surface area contributed by atoms with Crippen LogP contribution < -0.4 is 21.0 Å². The predicted octanol–water partition coefficient (Wildman–Crippen LogP) is 1.84. The third kappa shape index (κ3) is 3.78. The van der Waals surface area contributed by atoms with Crippen molar-refractivity contribution >= 4 is 28.1 Å². The second-order valence-electron chi connectivity index (χ2n) is 6.68. The number of nitrogens with one attached hydrogen (secondary N) is 2. The van der Waals surface area contributed by atoms with E-state index in [1.807, 2.05) is 13.0 Å². The molecule has 2 N–H and O–H groups in total. The summed E-state index contributed by atoms with van der Waals surface area (Å²) in [6.07, 6.45) is 3.47. The highest BCUT2D eigenvalue weighted by Crippen LogP contribution is 2.30. The lowest BCUT2D eigenvalue weighted by Gasteiger charge is -2.36. The van der Waals surface area contributed by atoms with Gasteiger partial charge in [0.15, 0.2) is 5.76 Å². The van der Waals surface area contributed by atoms with Gasteiger partial charge in [0, 0.05) is 25.1 Å². The molecule has 0 aromatic carbocycles. The molecule has 3 aromatic rings. The molecule has 0 spiro atoms. The molecular weight excluding hydrogens is 412 g/mol. The molecule has 4 rings (SSSR count). The van der Waals surface area contributed by atoms with Gasteiger partial charge in [-0.1, -0.05) is 11.3 Å². The molecule has 0 bridgehead atoms. The topological polar surface area (TPSA) is 133 Å². The van der Waals surface area contributed by atoms with E-state index in [1.165, 1.54) is 13.2 Å². The first kappa shape index (κ1) is 20.0. The van der Waals surface area contributed by atoms with Crippen molar-refractivity contribution < 1.29 is 18.7 Å². The van der Waals surface area contributed by atoms with Crippen LogP contribution in [0.1, 0.15) is 29.1 Å². The molecule has 0 saturated heterocycles. The van der Waals surface area contributed by atoms with Crippen LogP contribution in [-0.4, -0.2) is 52.3 Å². The number of methoxy groups -OCH3 is 2. The SMILES string of the molecule is COc1c(N[C@H]2CC[C@H]2OC)cc(C(=O)Nc2nnc(-n3nccc3C)s2)oc1=O. The minimum Gasteiger partial charge on any atom is -0.488 e. The standard InChI is InChI=1S/C18H20N6O5S/c1-9-6-7-19-24(9)18-23-22-17(30-18)21-15(25)13-8-11(14(28-3)16(26)29-13)20-10-4-5-12(10)27-2/h6-8,10,12,20H,4-5H2,1-3H3,(H,21,22,25)/t10-,12+/m0/s1. The molecule has 1 fully saturated rings. The van der Waals surface area contributed by atoms with Gasteiger partial charge < -0.3 is 19.2 Å². The normalized spacial score (nSPS) is 18.0. The highest BCUT2D eigenvalue weighted by molar-refractivity contribution is 7.17. The van der Waals surface area contributed by atoms with Crippen molar-refractivity contribution in [2.75, 3.05) is 24.9 Å². The molecule has 11 nitrogen and oxygen atoms in total. The summed E-state index contributed by atoms with van der Waals surface area (Å²) in [6, 6.07) is 3.28. The van der Waals surface area contributed by atoms with Gasteiger partial charge in [-0.25, -0.2) is 9.48 Å². The van der Waals surface area contributed by atoms with Gasteiger partial charge in [0.1, 0.15) is 0 Å². The first-order valence-electron chi connectivity index (χ1n) is 9.17. The zero-order chi connectivity index (χ0) is 21.3. The second kappa shape index (κ2) is 8.24. The number of carbonyl (C=O) groups is 1. The van der Waals surface area contributed by atoms with Crippen LogP contribution in [0.5, 0.6) is 5.75 Å². The average molecular weight is 432 g/mol. The smallest absolute Gasteiger partial charge is 0.381 e. The summed E-state index contributed by atoms with van der Waals surface area (Å²) < 4.78 is 17.3. The van der Waals surface area contributed by atoms with E-state index in [4.69, 9.17) is 13.9 Å². The lowest BCUT2D eigenvalue weighted by Crippen LogP contribution is -2.44. The molecular formula is C18H20N6O5S. The number of carbonyl (C=O) groups excluding carboxylic acids is 1. The third-order valence-electron chi connectivity index (χ3n) is 4.84. The van der Waals surface area contributed by atoms with Crippen LogP contribution in [0.15, 0.2) is 27.5 Å². The maximum absolute atomic E-state index is 12.7. The van der Waals surface area contributed by atoms with E-state index in [2.05, 4.69) is 25.9 Å². The number of aromatic nitrogens is 4. The van der Waals surface area contributed by atoms with E-state index in [9.17, 15) is 9.59 Å². The molecule has 0 unspecified atom stereocenters. The molecule has 3 heterocycles. The molecule has 1 saturated carbocycles. The summed E-state index contributed by atoms with van der Waals surface area (Å²) in [5, 5.41) is 18.7. The third-order valence-corrected chi connectivity index (χ3v) is 5.65. The Morgan fingerprint density at radius 3 is 2.80 bits per heavy atom.